The summed E-state index contributed by atoms with van der Waals surface area (Å²) >= 11 is 4.49. The lowest BCUT2D eigenvalue weighted by atomic mass is 10.2. The largest absolute Gasteiger partial charge is 0.493 e. The van der Waals surface area contributed by atoms with Gasteiger partial charge >= 0.3 is 0 Å². The van der Waals surface area contributed by atoms with Crippen molar-refractivity contribution in [3.05, 3.63) is 63.9 Å². The van der Waals surface area contributed by atoms with Crippen LogP contribution < -0.4 is 10.5 Å². The predicted molar refractivity (Wildman–Crippen MR) is 97.6 cm³/mol. The molecule has 0 fully saturated rings. The van der Waals surface area contributed by atoms with Gasteiger partial charge in [-0.25, -0.2) is 4.39 Å². The highest BCUT2D eigenvalue weighted by atomic mass is 79.9. The molecule has 2 rings (SSSR count). The first kappa shape index (κ1) is 17.5. The van der Waals surface area contributed by atoms with Crippen LogP contribution in [0.25, 0.3) is 0 Å². The SMILES string of the molecule is COc1c(C=NN=C(N)SCc2ccccc2)ccc(Br)c1F. The van der Waals surface area contributed by atoms with Crippen LogP contribution in [0.3, 0.4) is 0 Å². The first-order valence-corrected chi connectivity index (χ1v) is 8.45. The van der Waals surface area contributed by atoms with E-state index in [2.05, 4.69) is 26.1 Å². The number of nitrogens with zero attached hydrogens (tertiary/aromatic N) is 2. The summed E-state index contributed by atoms with van der Waals surface area (Å²) in [6.07, 6.45) is 1.41. The number of hydrogen-bond acceptors (Lipinski definition) is 4. The monoisotopic (exact) mass is 395 g/mol. The average Bonchev–Trinajstić information content (AvgIpc) is 2.57. The normalized spacial score (nSPS) is 11.9. The molecule has 0 heterocycles. The molecule has 0 aliphatic heterocycles. The molecule has 4 nitrogen and oxygen atoms in total. The number of benzene rings is 2. The van der Waals surface area contributed by atoms with Crippen molar-refractivity contribution in [3.63, 3.8) is 0 Å². The molecule has 0 saturated carbocycles. The minimum Gasteiger partial charge on any atom is -0.493 e. The van der Waals surface area contributed by atoms with E-state index < -0.39 is 5.82 Å². The molecule has 0 saturated heterocycles. The summed E-state index contributed by atoms with van der Waals surface area (Å²) in [5.74, 6) is 0.336. The molecule has 2 aromatic rings. The van der Waals surface area contributed by atoms with Crippen molar-refractivity contribution in [2.45, 2.75) is 5.75 Å². The number of hydrogen-bond donors (Lipinski definition) is 1. The van der Waals surface area contributed by atoms with E-state index in [0.717, 1.165) is 5.56 Å². The van der Waals surface area contributed by atoms with E-state index >= 15 is 0 Å². The van der Waals surface area contributed by atoms with E-state index in [1.165, 1.54) is 25.1 Å². The van der Waals surface area contributed by atoms with E-state index in [-0.39, 0.29) is 5.75 Å². The standard InChI is InChI=1S/C16H15BrFN3OS/c1-22-15-12(7-8-13(17)14(15)18)9-20-21-16(19)23-10-11-5-3-2-4-6-11/h2-9H,10H2,1H3,(H2,19,21). The van der Waals surface area contributed by atoms with Gasteiger partial charge < -0.3 is 10.5 Å². The molecule has 7 heteroatoms. The summed E-state index contributed by atoms with van der Waals surface area (Å²) in [5, 5.41) is 8.12. The number of nitrogens with two attached hydrogens (primary N) is 1. The molecular weight excluding hydrogens is 381 g/mol. The van der Waals surface area contributed by atoms with Gasteiger partial charge in [0.1, 0.15) is 0 Å². The Balaban J connectivity index is 2.01. The number of thioether (sulfide) groups is 1. The van der Waals surface area contributed by atoms with Gasteiger partial charge in [0.25, 0.3) is 0 Å². The molecule has 0 aliphatic carbocycles. The van der Waals surface area contributed by atoms with Gasteiger partial charge in [-0.05, 0) is 33.6 Å². The zero-order valence-corrected chi connectivity index (χ0v) is 14.8. The van der Waals surface area contributed by atoms with Crippen molar-refractivity contribution < 1.29 is 9.13 Å². The van der Waals surface area contributed by atoms with Crippen LogP contribution in [0, 0.1) is 5.82 Å². The number of halogens is 2. The van der Waals surface area contributed by atoms with Crippen LogP contribution in [-0.2, 0) is 5.75 Å². The van der Waals surface area contributed by atoms with Crippen molar-refractivity contribution in [1.82, 2.24) is 0 Å². The molecule has 120 valence electrons. The van der Waals surface area contributed by atoms with Crippen molar-refractivity contribution in [2.24, 2.45) is 15.9 Å². The number of ether oxygens (including phenoxy) is 1. The van der Waals surface area contributed by atoms with Crippen molar-refractivity contribution in [3.8, 4) is 5.75 Å². The minimum atomic E-state index is -0.480. The van der Waals surface area contributed by atoms with E-state index in [9.17, 15) is 4.39 Å². The summed E-state index contributed by atoms with van der Waals surface area (Å²) < 4.78 is 19.2. The molecule has 0 bridgehead atoms. The molecule has 2 N–H and O–H groups in total. The topological polar surface area (TPSA) is 60.0 Å². The Hall–Kier alpha value is -1.86. The van der Waals surface area contributed by atoms with Crippen molar-refractivity contribution >= 4 is 39.1 Å². The lowest BCUT2D eigenvalue weighted by Crippen LogP contribution is -2.06. The predicted octanol–water partition coefficient (Wildman–Crippen LogP) is 4.18. The highest BCUT2D eigenvalue weighted by molar-refractivity contribution is 9.10. The van der Waals surface area contributed by atoms with Crippen LogP contribution in [0.5, 0.6) is 5.75 Å². The second-order valence-corrected chi connectivity index (χ2v) is 6.29. The first-order valence-electron chi connectivity index (χ1n) is 6.67. The Labute approximate surface area is 146 Å². The maximum atomic E-state index is 13.9. The smallest absolute Gasteiger partial charge is 0.180 e. The number of amidine groups is 1. The Morgan fingerprint density at radius 2 is 2.04 bits per heavy atom. The van der Waals surface area contributed by atoms with Crippen LogP contribution >= 0.6 is 27.7 Å². The Morgan fingerprint density at radius 3 is 2.74 bits per heavy atom. The summed E-state index contributed by atoms with van der Waals surface area (Å²) in [6.45, 7) is 0. The maximum absolute atomic E-state index is 13.9. The van der Waals surface area contributed by atoms with Gasteiger partial charge in [-0.3, -0.25) is 0 Å². The first-order chi connectivity index (χ1) is 11.1. The second-order valence-electron chi connectivity index (χ2n) is 4.44. The van der Waals surface area contributed by atoms with E-state index in [4.69, 9.17) is 10.5 Å². The van der Waals surface area contributed by atoms with Crippen LogP contribution in [0.1, 0.15) is 11.1 Å². The molecule has 0 unspecified atom stereocenters. The highest BCUT2D eigenvalue weighted by Gasteiger charge is 2.11. The highest BCUT2D eigenvalue weighted by Crippen LogP contribution is 2.27. The fourth-order valence-electron chi connectivity index (χ4n) is 1.76. The van der Waals surface area contributed by atoms with Crippen LogP contribution in [0.2, 0.25) is 0 Å². The van der Waals surface area contributed by atoms with Gasteiger partial charge in [-0.15, -0.1) is 5.10 Å². The molecule has 0 aromatic heterocycles. The Bertz CT molecular complexity index is 723. The quantitative estimate of drug-likeness (QED) is 0.469. The lowest BCUT2D eigenvalue weighted by molar-refractivity contribution is 0.384. The molecule has 0 amide bonds. The van der Waals surface area contributed by atoms with Gasteiger partial charge in [-0.1, -0.05) is 42.1 Å². The molecule has 0 atom stereocenters. The van der Waals surface area contributed by atoms with Crippen molar-refractivity contribution in [2.75, 3.05) is 7.11 Å². The minimum absolute atomic E-state index is 0.105. The second kappa shape index (κ2) is 8.69. The Morgan fingerprint density at radius 1 is 1.30 bits per heavy atom. The molecule has 23 heavy (non-hydrogen) atoms. The summed E-state index contributed by atoms with van der Waals surface area (Å²) in [6, 6.07) is 13.2. The molecule has 0 aliphatic rings. The van der Waals surface area contributed by atoms with Crippen LogP contribution in [0.15, 0.2) is 57.1 Å². The molecule has 0 radical (unpaired) electrons. The van der Waals surface area contributed by atoms with Crippen molar-refractivity contribution in [1.29, 1.82) is 0 Å². The fourth-order valence-corrected chi connectivity index (χ4v) is 2.69. The zero-order chi connectivity index (χ0) is 16.7. The van der Waals surface area contributed by atoms with Crippen LogP contribution in [0.4, 0.5) is 4.39 Å². The van der Waals surface area contributed by atoms with Gasteiger partial charge in [-0.2, -0.15) is 5.10 Å². The van der Waals surface area contributed by atoms with E-state index in [0.29, 0.717) is 21.0 Å². The van der Waals surface area contributed by atoms with Gasteiger partial charge in [0.15, 0.2) is 16.7 Å². The molecule has 2 aromatic carbocycles. The fraction of sp³-hybridized carbons (Fsp3) is 0.125. The van der Waals surface area contributed by atoms with E-state index in [1.54, 1.807) is 12.1 Å². The summed E-state index contributed by atoms with van der Waals surface area (Å²) in [5.41, 5.74) is 7.43. The number of methoxy groups -OCH3 is 1. The number of rotatable bonds is 5. The van der Waals surface area contributed by atoms with E-state index in [1.807, 2.05) is 30.3 Å². The molecule has 0 spiro atoms. The molecular formula is C16H15BrFN3OS. The maximum Gasteiger partial charge on any atom is 0.180 e. The van der Waals surface area contributed by atoms with Gasteiger partial charge in [0.05, 0.1) is 17.8 Å². The van der Waals surface area contributed by atoms with Gasteiger partial charge in [0.2, 0.25) is 0 Å². The third-order valence-corrected chi connectivity index (χ3v) is 4.33. The summed E-state index contributed by atoms with van der Waals surface area (Å²) in [4.78, 5) is 0. The lowest BCUT2D eigenvalue weighted by Gasteiger charge is -2.06. The zero-order valence-electron chi connectivity index (χ0n) is 12.4. The van der Waals surface area contributed by atoms with Gasteiger partial charge in [0, 0.05) is 11.3 Å². The average molecular weight is 396 g/mol. The summed E-state index contributed by atoms with van der Waals surface area (Å²) in [7, 11) is 1.40. The third kappa shape index (κ3) is 5.07. The Kier molecular flexibility index (Phi) is 6.61. The van der Waals surface area contributed by atoms with Crippen LogP contribution in [-0.4, -0.2) is 18.5 Å². The third-order valence-electron chi connectivity index (χ3n) is 2.87.